The molecule has 188 valence electrons. The Bertz CT molecular complexity index is 1240. The average molecular weight is 504 g/mol. The number of nitrogens with one attached hydrogen (secondary N) is 3. The number of nitrogens with zero attached hydrogens (tertiary/aromatic N) is 1. The summed E-state index contributed by atoms with van der Waals surface area (Å²) in [6.45, 7) is 0. The summed E-state index contributed by atoms with van der Waals surface area (Å²) in [5.41, 5.74) is 0.254. The topological polar surface area (TPSA) is 132 Å². The second kappa shape index (κ2) is 11.1. The van der Waals surface area contributed by atoms with Gasteiger partial charge in [-0.1, -0.05) is 30.3 Å². The Morgan fingerprint density at radius 1 is 0.972 bits per heavy atom. The number of carbonyl (C=O) groups is 2. The molecule has 0 aliphatic heterocycles. The van der Waals surface area contributed by atoms with Gasteiger partial charge in [-0.15, -0.1) is 13.2 Å². The molecule has 0 saturated carbocycles. The highest BCUT2D eigenvalue weighted by molar-refractivity contribution is 6.00. The van der Waals surface area contributed by atoms with Crippen molar-refractivity contribution in [2.75, 3.05) is 17.7 Å². The SMILES string of the molecule is COc1ccc([N+](=O)[O-])cc1NC(=O)NC(C(=O)Nc1ccc(OC(F)(F)F)cc1)c1ccccc1. The highest BCUT2D eigenvalue weighted by Gasteiger charge is 2.31. The highest BCUT2D eigenvalue weighted by atomic mass is 19.4. The van der Waals surface area contributed by atoms with E-state index in [1.54, 1.807) is 30.3 Å². The van der Waals surface area contributed by atoms with Crippen molar-refractivity contribution < 1.29 is 37.2 Å². The normalized spacial score (nSPS) is 11.7. The maximum absolute atomic E-state index is 13.0. The number of ether oxygens (including phenoxy) is 2. The molecule has 0 aromatic heterocycles. The van der Waals surface area contributed by atoms with Crippen LogP contribution in [0.25, 0.3) is 0 Å². The molecule has 3 rings (SSSR count). The second-order valence-corrected chi connectivity index (χ2v) is 7.15. The monoisotopic (exact) mass is 504 g/mol. The molecule has 0 aliphatic rings. The Kier molecular flexibility index (Phi) is 7.94. The molecule has 10 nitrogen and oxygen atoms in total. The molecular formula is C23H19F3N4O6. The number of hydrogen-bond donors (Lipinski definition) is 3. The predicted molar refractivity (Wildman–Crippen MR) is 123 cm³/mol. The molecule has 0 saturated heterocycles. The van der Waals surface area contributed by atoms with E-state index in [4.69, 9.17) is 4.74 Å². The molecule has 0 bridgehead atoms. The number of alkyl halides is 3. The van der Waals surface area contributed by atoms with Crippen LogP contribution in [0.1, 0.15) is 11.6 Å². The zero-order valence-electron chi connectivity index (χ0n) is 18.5. The largest absolute Gasteiger partial charge is 0.573 e. The highest BCUT2D eigenvalue weighted by Crippen LogP contribution is 2.29. The van der Waals surface area contributed by atoms with Crippen LogP contribution < -0.4 is 25.4 Å². The number of rotatable bonds is 8. The van der Waals surface area contributed by atoms with Gasteiger partial charge < -0.3 is 25.4 Å². The third-order valence-electron chi connectivity index (χ3n) is 4.67. The number of amides is 3. The summed E-state index contributed by atoms with van der Waals surface area (Å²) in [4.78, 5) is 36.2. The van der Waals surface area contributed by atoms with Crippen molar-refractivity contribution in [3.63, 3.8) is 0 Å². The number of nitro groups is 1. The van der Waals surface area contributed by atoms with Crippen molar-refractivity contribution in [2.45, 2.75) is 12.4 Å². The third kappa shape index (κ3) is 7.09. The summed E-state index contributed by atoms with van der Waals surface area (Å²) in [6, 6.07) is 14.1. The molecule has 0 spiro atoms. The number of anilines is 2. The molecule has 36 heavy (non-hydrogen) atoms. The number of benzene rings is 3. The van der Waals surface area contributed by atoms with Crippen LogP contribution in [0.4, 0.5) is 35.0 Å². The Hall–Kier alpha value is -4.81. The lowest BCUT2D eigenvalue weighted by atomic mass is 10.1. The minimum Gasteiger partial charge on any atom is -0.495 e. The first-order chi connectivity index (χ1) is 17.1. The molecule has 0 fully saturated rings. The molecule has 3 aromatic carbocycles. The smallest absolute Gasteiger partial charge is 0.495 e. The van der Waals surface area contributed by atoms with E-state index < -0.39 is 35.0 Å². The van der Waals surface area contributed by atoms with Crippen molar-refractivity contribution in [3.8, 4) is 11.5 Å². The number of methoxy groups -OCH3 is 1. The van der Waals surface area contributed by atoms with Crippen LogP contribution in [0.5, 0.6) is 11.5 Å². The van der Waals surface area contributed by atoms with Crippen molar-refractivity contribution in [1.29, 1.82) is 0 Å². The van der Waals surface area contributed by atoms with Crippen molar-refractivity contribution in [3.05, 3.63) is 88.5 Å². The van der Waals surface area contributed by atoms with Crippen molar-refractivity contribution in [1.82, 2.24) is 5.32 Å². The van der Waals surface area contributed by atoms with E-state index in [0.717, 1.165) is 18.2 Å². The molecular weight excluding hydrogens is 485 g/mol. The lowest BCUT2D eigenvalue weighted by Gasteiger charge is -2.20. The molecule has 0 radical (unpaired) electrons. The number of urea groups is 1. The van der Waals surface area contributed by atoms with Gasteiger partial charge in [0.2, 0.25) is 0 Å². The molecule has 3 aromatic rings. The van der Waals surface area contributed by atoms with E-state index in [2.05, 4.69) is 20.7 Å². The van der Waals surface area contributed by atoms with Crippen LogP contribution >= 0.6 is 0 Å². The van der Waals surface area contributed by atoms with E-state index in [1.807, 2.05) is 0 Å². The summed E-state index contributed by atoms with van der Waals surface area (Å²) in [5, 5.41) is 18.5. The first-order valence-corrected chi connectivity index (χ1v) is 10.2. The van der Waals surface area contributed by atoms with Gasteiger partial charge in [0.1, 0.15) is 17.5 Å². The summed E-state index contributed by atoms with van der Waals surface area (Å²) in [6.07, 6.45) is -4.86. The maximum Gasteiger partial charge on any atom is 0.573 e. The summed E-state index contributed by atoms with van der Waals surface area (Å²) in [7, 11) is 1.31. The Morgan fingerprint density at radius 3 is 2.22 bits per heavy atom. The van der Waals surface area contributed by atoms with Crippen LogP contribution in [-0.4, -0.2) is 30.3 Å². The zero-order chi connectivity index (χ0) is 26.3. The summed E-state index contributed by atoms with van der Waals surface area (Å²) >= 11 is 0. The molecule has 13 heteroatoms. The molecule has 1 unspecified atom stereocenters. The number of non-ortho nitro benzene ring substituents is 1. The van der Waals surface area contributed by atoms with E-state index in [9.17, 15) is 32.9 Å². The molecule has 0 heterocycles. The average Bonchev–Trinajstić information content (AvgIpc) is 2.83. The zero-order valence-corrected chi connectivity index (χ0v) is 18.5. The lowest BCUT2D eigenvalue weighted by molar-refractivity contribution is -0.384. The van der Waals surface area contributed by atoms with Gasteiger partial charge in [0, 0.05) is 17.8 Å². The number of carbonyl (C=O) groups excluding carboxylic acids is 2. The molecule has 0 aliphatic carbocycles. The third-order valence-corrected chi connectivity index (χ3v) is 4.67. The van der Waals surface area contributed by atoms with Crippen LogP contribution in [0, 0.1) is 10.1 Å². The van der Waals surface area contributed by atoms with Gasteiger partial charge in [-0.3, -0.25) is 14.9 Å². The fraction of sp³-hybridized carbons (Fsp3) is 0.130. The minimum absolute atomic E-state index is 0.00308. The Morgan fingerprint density at radius 2 is 1.64 bits per heavy atom. The summed E-state index contributed by atoms with van der Waals surface area (Å²) < 4.78 is 46.0. The maximum atomic E-state index is 13.0. The quantitative estimate of drug-likeness (QED) is 0.292. The van der Waals surface area contributed by atoms with E-state index in [-0.39, 0.29) is 22.8 Å². The number of halogens is 3. The van der Waals surface area contributed by atoms with E-state index >= 15 is 0 Å². The summed E-state index contributed by atoms with van der Waals surface area (Å²) in [5.74, 6) is -1.02. The van der Waals surface area contributed by atoms with Crippen molar-refractivity contribution in [2.24, 2.45) is 0 Å². The lowest BCUT2D eigenvalue weighted by Crippen LogP contribution is -2.39. The van der Waals surface area contributed by atoms with Gasteiger partial charge in [0.15, 0.2) is 0 Å². The van der Waals surface area contributed by atoms with Gasteiger partial charge in [-0.25, -0.2) is 4.79 Å². The van der Waals surface area contributed by atoms with Crippen LogP contribution in [0.3, 0.4) is 0 Å². The van der Waals surface area contributed by atoms with Gasteiger partial charge in [-0.05, 0) is 35.9 Å². The first-order valence-electron chi connectivity index (χ1n) is 10.2. The van der Waals surface area contributed by atoms with E-state index in [1.165, 1.54) is 31.4 Å². The van der Waals surface area contributed by atoms with Crippen molar-refractivity contribution >= 4 is 29.0 Å². The molecule has 3 amide bonds. The Labute approximate surface area is 202 Å². The van der Waals surface area contributed by atoms with Crippen LogP contribution in [0.15, 0.2) is 72.8 Å². The molecule has 3 N–H and O–H groups in total. The van der Waals surface area contributed by atoms with Crippen LogP contribution in [0.2, 0.25) is 0 Å². The fourth-order valence-corrected chi connectivity index (χ4v) is 3.10. The van der Waals surface area contributed by atoms with Crippen LogP contribution in [-0.2, 0) is 4.79 Å². The van der Waals surface area contributed by atoms with Gasteiger partial charge in [-0.2, -0.15) is 0 Å². The van der Waals surface area contributed by atoms with Gasteiger partial charge >= 0.3 is 12.4 Å². The van der Waals surface area contributed by atoms with E-state index in [0.29, 0.717) is 5.56 Å². The van der Waals surface area contributed by atoms with Gasteiger partial charge in [0.05, 0.1) is 17.7 Å². The number of hydrogen-bond acceptors (Lipinski definition) is 6. The number of nitro benzene ring substituents is 1. The van der Waals surface area contributed by atoms with Gasteiger partial charge in [0.25, 0.3) is 11.6 Å². The first kappa shape index (κ1) is 25.8. The predicted octanol–water partition coefficient (Wildman–Crippen LogP) is 5.00. The fourth-order valence-electron chi connectivity index (χ4n) is 3.10. The minimum atomic E-state index is -4.86. The second-order valence-electron chi connectivity index (χ2n) is 7.15. The standard InChI is InChI=1S/C23H19F3N4O6/c1-35-19-12-9-16(30(33)34)13-18(19)28-22(32)29-20(14-5-3-2-4-6-14)21(31)27-15-7-10-17(11-8-15)36-23(24,25)26/h2-13,20H,1H3,(H,27,31)(H2,28,29,32). The Balaban J connectivity index is 1.78. The molecule has 1 atom stereocenters.